The Hall–Kier alpha value is -2.76. The highest BCUT2D eigenvalue weighted by Gasteiger charge is 2.29. The van der Waals surface area contributed by atoms with Crippen LogP contribution in [-0.2, 0) is 9.53 Å². The van der Waals surface area contributed by atoms with Crippen LogP contribution in [0.15, 0.2) is 42.7 Å². The number of piperidine rings is 1. The fourth-order valence-corrected chi connectivity index (χ4v) is 2.98. The van der Waals surface area contributed by atoms with Crippen LogP contribution in [0.4, 0.5) is 0 Å². The molecule has 0 spiro atoms. The Kier molecular flexibility index (Phi) is 5.38. The molecule has 25 heavy (non-hydrogen) atoms. The SMILES string of the molecule is CCOC(=O)C1CCCN(C(=O)c2ccc(-c3ccccn3)nc2)C1. The summed E-state index contributed by atoms with van der Waals surface area (Å²) in [6.07, 6.45) is 4.84. The fourth-order valence-electron chi connectivity index (χ4n) is 2.98. The lowest BCUT2D eigenvalue weighted by Crippen LogP contribution is -2.42. The number of pyridine rings is 2. The van der Waals surface area contributed by atoms with E-state index in [0.29, 0.717) is 25.3 Å². The molecule has 2 aromatic rings. The predicted octanol–water partition coefficient (Wildman–Crippen LogP) is 2.56. The molecule has 6 heteroatoms. The highest BCUT2D eigenvalue weighted by molar-refractivity contribution is 5.94. The van der Waals surface area contributed by atoms with E-state index < -0.39 is 0 Å². The maximum Gasteiger partial charge on any atom is 0.310 e. The van der Waals surface area contributed by atoms with Gasteiger partial charge in [0.25, 0.3) is 5.91 Å². The van der Waals surface area contributed by atoms with Gasteiger partial charge in [0.2, 0.25) is 0 Å². The van der Waals surface area contributed by atoms with Gasteiger partial charge in [-0.25, -0.2) is 0 Å². The zero-order chi connectivity index (χ0) is 17.6. The van der Waals surface area contributed by atoms with Gasteiger partial charge in [-0.05, 0) is 44.0 Å². The first-order chi connectivity index (χ1) is 12.2. The number of nitrogens with zero attached hydrogens (tertiary/aromatic N) is 3. The molecule has 130 valence electrons. The quantitative estimate of drug-likeness (QED) is 0.801. The van der Waals surface area contributed by atoms with Gasteiger partial charge in [0.05, 0.1) is 29.5 Å². The van der Waals surface area contributed by atoms with Crippen LogP contribution in [0.5, 0.6) is 0 Å². The number of rotatable bonds is 4. The van der Waals surface area contributed by atoms with Crippen LogP contribution in [0.1, 0.15) is 30.1 Å². The Bertz CT molecular complexity index is 731. The number of amides is 1. The zero-order valence-electron chi connectivity index (χ0n) is 14.2. The smallest absolute Gasteiger partial charge is 0.310 e. The van der Waals surface area contributed by atoms with Gasteiger partial charge in [-0.15, -0.1) is 0 Å². The summed E-state index contributed by atoms with van der Waals surface area (Å²) < 4.78 is 5.08. The topological polar surface area (TPSA) is 72.4 Å². The first kappa shape index (κ1) is 17.1. The number of aromatic nitrogens is 2. The van der Waals surface area contributed by atoms with E-state index in [1.807, 2.05) is 18.2 Å². The molecule has 0 N–H and O–H groups in total. The Morgan fingerprint density at radius 2 is 2.04 bits per heavy atom. The second-order valence-corrected chi connectivity index (χ2v) is 5.99. The van der Waals surface area contributed by atoms with Crippen LogP contribution in [0.3, 0.4) is 0 Å². The van der Waals surface area contributed by atoms with E-state index in [2.05, 4.69) is 9.97 Å². The van der Waals surface area contributed by atoms with E-state index in [0.717, 1.165) is 24.2 Å². The molecule has 2 aromatic heterocycles. The summed E-state index contributed by atoms with van der Waals surface area (Å²) >= 11 is 0. The lowest BCUT2D eigenvalue weighted by atomic mass is 9.97. The molecule has 0 saturated carbocycles. The van der Waals surface area contributed by atoms with Crippen molar-refractivity contribution in [3.63, 3.8) is 0 Å². The molecule has 1 saturated heterocycles. The third kappa shape index (κ3) is 4.02. The van der Waals surface area contributed by atoms with E-state index in [-0.39, 0.29) is 17.8 Å². The average molecular weight is 339 g/mol. The Morgan fingerprint density at radius 3 is 2.72 bits per heavy atom. The molecular weight excluding hydrogens is 318 g/mol. The molecule has 1 atom stereocenters. The van der Waals surface area contributed by atoms with Gasteiger partial charge in [0, 0.05) is 25.5 Å². The number of carbonyl (C=O) groups excluding carboxylic acids is 2. The van der Waals surface area contributed by atoms with E-state index in [1.54, 1.807) is 36.4 Å². The number of ether oxygens (including phenoxy) is 1. The summed E-state index contributed by atoms with van der Waals surface area (Å²) in [5.41, 5.74) is 2.01. The third-order valence-electron chi connectivity index (χ3n) is 4.27. The molecule has 1 aliphatic heterocycles. The summed E-state index contributed by atoms with van der Waals surface area (Å²) in [7, 11) is 0. The van der Waals surface area contributed by atoms with Crippen LogP contribution < -0.4 is 0 Å². The van der Waals surface area contributed by atoms with Crippen molar-refractivity contribution in [1.29, 1.82) is 0 Å². The highest BCUT2D eigenvalue weighted by atomic mass is 16.5. The van der Waals surface area contributed by atoms with Crippen molar-refractivity contribution in [3.8, 4) is 11.4 Å². The molecule has 3 heterocycles. The summed E-state index contributed by atoms with van der Waals surface area (Å²) in [5.74, 6) is -0.559. The first-order valence-corrected chi connectivity index (χ1v) is 8.52. The van der Waals surface area contributed by atoms with Crippen LogP contribution in [-0.4, -0.2) is 46.4 Å². The summed E-state index contributed by atoms with van der Waals surface area (Å²) in [5, 5.41) is 0. The van der Waals surface area contributed by atoms with Crippen molar-refractivity contribution >= 4 is 11.9 Å². The van der Waals surface area contributed by atoms with Gasteiger partial charge in [0.15, 0.2) is 0 Å². The second kappa shape index (κ2) is 7.88. The minimum Gasteiger partial charge on any atom is -0.466 e. The van der Waals surface area contributed by atoms with Gasteiger partial charge in [-0.2, -0.15) is 0 Å². The minimum atomic E-state index is -0.238. The van der Waals surface area contributed by atoms with Gasteiger partial charge < -0.3 is 9.64 Å². The lowest BCUT2D eigenvalue weighted by molar-refractivity contribution is -0.149. The van der Waals surface area contributed by atoms with E-state index in [1.165, 1.54) is 0 Å². The molecule has 0 bridgehead atoms. The first-order valence-electron chi connectivity index (χ1n) is 8.52. The monoisotopic (exact) mass is 339 g/mol. The molecule has 0 aromatic carbocycles. The van der Waals surface area contributed by atoms with Crippen molar-refractivity contribution in [1.82, 2.24) is 14.9 Å². The lowest BCUT2D eigenvalue weighted by Gasteiger charge is -2.31. The number of hydrogen-bond acceptors (Lipinski definition) is 5. The third-order valence-corrected chi connectivity index (χ3v) is 4.27. The minimum absolute atomic E-state index is 0.103. The maximum atomic E-state index is 12.7. The molecule has 6 nitrogen and oxygen atoms in total. The zero-order valence-corrected chi connectivity index (χ0v) is 14.2. The van der Waals surface area contributed by atoms with Gasteiger partial charge in [-0.3, -0.25) is 19.6 Å². The highest BCUT2D eigenvalue weighted by Crippen LogP contribution is 2.20. The average Bonchev–Trinajstić information content (AvgIpc) is 2.68. The Morgan fingerprint density at radius 1 is 1.20 bits per heavy atom. The number of hydrogen-bond donors (Lipinski definition) is 0. The fraction of sp³-hybridized carbons (Fsp3) is 0.368. The van der Waals surface area contributed by atoms with E-state index >= 15 is 0 Å². The van der Waals surface area contributed by atoms with Crippen LogP contribution in [0, 0.1) is 5.92 Å². The van der Waals surface area contributed by atoms with E-state index in [4.69, 9.17) is 4.74 Å². The molecule has 1 aliphatic rings. The van der Waals surface area contributed by atoms with Crippen molar-refractivity contribution in [3.05, 3.63) is 48.3 Å². The van der Waals surface area contributed by atoms with Gasteiger partial charge in [-0.1, -0.05) is 6.07 Å². The number of carbonyl (C=O) groups is 2. The summed E-state index contributed by atoms with van der Waals surface area (Å²) in [6, 6.07) is 9.16. The second-order valence-electron chi connectivity index (χ2n) is 5.99. The van der Waals surface area contributed by atoms with Crippen LogP contribution in [0.2, 0.25) is 0 Å². The molecular formula is C19H21N3O3. The van der Waals surface area contributed by atoms with Crippen LogP contribution in [0.25, 0.3) is 11.4 Å². The largest absolute Gasteiger partial charge is 0.466 e. The van der Waals surface area contributed by atoms with Crippen LogP contribution >= 0.6 is 0 Å². The normalized spacial score (nSPS) is 17.2. The molecule has 1 fully saturated rings. The molecule has 0 aliphatic carbocycles. The van der Waals surface area contributed by atoms with E-state index in [9.17, 15) is 9.59 Å². The molecule has 1 unspecified atom stereocenters. The summed E-state index contributed by atoms with van der Waals surface area (Å²) in [6.45, 7) is 3.21. The molecule has 1 amide bonds. The van der Waals surface area contributed by atoms with Crippen molar-refractivity contribution in [2.24, 2.45) is 5.92 Å². The Labute approximate surface area is 146 Å². The van der Waals surface area contributed by atoms with Crippen molar-refractivity contribution in [2.75, 3.05) is 19.7 Å². The predicted molar refractivity (Wildman–Crippen MR) is 92.7 cm³/mol. The molecule has 3 rings (SSSR count). The summed E-state index contributed by atoms with van der Waals surface area (Å²) in [4.78, 5) is 34.9. The molecule has 0 radical (unpaired) electrons. The number of esters is 1. The van der Waals surface area contributed by atoms with Crippen molar-refractivity contribution in [2.45, 2.75) is 19.8 Å². The van der Waals surface area contributed by atoms with Gasteiger partial charge >= 0.3 is 5.97 Å². The Balaban J connectivity index is 1.69. The maximum absolute atomic E-state index is 12.7. The number of likely N-dealkylation sites (tertiary alicyclic amines) is 1. The standard InChI is InChI=1S/C19H21N3O3/c1-2-25-19(24)15-6-5-11-22(13-15)18(23)14-8-9-17(21-12-14)16-7-3-4-10-20-16/h3-4,7-10,12,15H,2,5-6,11,13H2,1H3. The van der Waals surface area contributed by atoms with Crippen molar-refractivity contribution < 1.29 is 14.3 Å². The van der Waals surface area contributed by atoms with Gasteiger partial charge in [0.1, 0.15) is 0 Å².